The predicted octanol–water partition coefficient (Wildman–Crippen LogP) is 3.87. The molecule has 0 bridgehead atoms. The average Bonchev–Trinajstić information content (AvgIpc) is 2.19. The van der Waals surface area contributed by atoms with E-state index in [1.54, 1.807) is 17.9 Å². The number of benzene rings is 1. The first kappa shape index (κ1) is 11.2. The van der Waals surface area contributed by atoms with Crippen LogP contribution < -0.4 is 0 Å². The number of rotatable bonds is 5. The molecule has 0 aliphatic carbocycles. The maximum absolute atomic E-state index is 5.72. The molecule has 0 spiro atoms. The zero-order valence-electron chi connectivity index (χ0n) is 7.33. The lowest BCUT2D eigenvalue weighted by atomic mass is 10.2. The lowest BCUT2D eigenvalue weighted by molar-refractivity contribution is 0.498. The fourth-order valence-corrected chi connectivity index (χ4v) is 2.41. The van der Waals surface area contributed by atoms with E-state index >= 15 is 0 Å². The Morgan fingerprint density at radius 2 is 2.15 bits per heavy atom. The zero-order chi connectivity index (χ0) is 9.52. The van der Waals surface area contributed by atoms with Gasteiger partial charge in [0.05, 0.1) is 18.2 Å². The molecule has 0 aliphatic rings. The Morgan fingerprint density at radius 1 is 1.38 bits per heavy atom. The highest BCUT2D eigenvalue weighted by atomic mass is 35.5. The highest BCUT2D eigenvalue weighted by molar-refractivity contribution is 8.74. The molecule has 13 heavy (non-hydrogen) atoms. The SMILES string of the molecule is COSSCc1cccc(CCl)c1. The van der Waals surface area contributed by atoms with Gasteiger partial charge in [0.2, 0.25) is 0 Å². The molecule has 1 rings (SSSR count). The van der Waals surface area contributed by atoms with E-state index in [2.05, 4.69) is 12.1 Å². The van der Waals surface area contributed by atoms with Crippen LogP contribution in [0.2, 0.25) is 0 Å². The van der Waals surface area contributed by atoms with Crippen LogP contribution >= 0.6 is 33.5 Å². The summed E-state index contributed by atoms with van der Waals surface area (Å²) in [6.45, 7) is 0. The summed E-state index contributed by atoms with van der Waals surface area (Å²) >= 11 is 7.12. The van der Waals surface area contributed by atoms with Crippen molar-refractivity contribution in [1.29, 1.82) is 0 Å². The Kier molecular flexibility index (Phi) is 5.71. The van der Waals surface area contributed by atoms with Gasteiger partial charge < -0.3 is 4.18 Å². The van der Waals surface area contributed by atoms with Crippen molar-refractivity contribution in [3.05, 3.63) is 35.4 Å². The minimum atomic E-state index is 0.579. The van der Waals surface area contributed by atoms with Gasteiger partial charge in [-0.1, -0.05) is 35.1 Å². The van der Waals surface area contributed by atoms with Gasteiger partial charge in [-0.05, 0) is 11.1 Å². The molecule has 72 valence electrons. The predicted molar refractivity (Wildman–Crippen MR) is 61.9 cm³/mol. The minimum absolute atomic E-state index is 0.579. The fourth-order valence-electron chi connectivity index (χ4n) is 0.943. The third kappa shape index (κ3) is 4.27. The van der Waals surface area contributed by atoms with E-state index in [1.165, 1.54) is 22.2 Å². The molecule has 0 saturated heterocycles. The fraction of sp³-hybridized carbons (Fsp3) is 0.333. The zero-order valence-corrected chi connectivity index (χ0v) is 9.72. The summed E-state index contributed by atoms with van der Waals surface area (Å²) in [6.07, 6.45) is 0. The highest BCUT2D eigenvalue weighted by Crippen LogP contribution is 2.26. The molecule has 0 saturated carbocycles. The smallest absolute Gasteiger partial charge is 0.0622 e. The van der Waals surface area contributed by atoms with Gasteiger partial charge in [-0.3, -0.25) is 0 Å². The van der Waals surface area contributed by atoms with Crippen molar-refractivity contribution in [3.63, 3.8) is 0 Å². The van der Waals surface area contributed by atoms with E-state index in [4.69, 9.17) is 15.8 Å². The van der Waals surface area contributed by atoms with Crippen molar-refractivity contribution in [3.8, 4) is 0 Å². The summed E-state index contributed by atoms with van der Waals surface area (Å²) in [5.41, 5.74) is 2.45. The Morgan fingerprint density at radius 3 is 2.85 bits per heavy atom. The molecule has 0 aromatic heterocycles. The summed E-state index contributed by atoms with van der Waals surface area (Å²) in [6, 6.07) is 8.28. The van der Waals surface area contributed by atoms with Crippen LogP contribution in [0, 0.1) is 0 Å². The normalized spacial score (nSPS) is 10.3. The van der Waals surface area contributed by atoms with E-state index in [1.807, 2.05) is 12.1 Å². The van der Waals surface area contributed by atoms with Crippen LogP contribution in [-0.2, 0) is 15.8 Å². The summed E-state index contributed by atoms with van der Waals surface area (Å²) in [7, 11) is 3.35. The molecule has 0 N–H and O–H groups in total. The van der Waals surface area contributed by atoms with Gasteiger partial charge in [-0.25, -0.2) is 0 Å². The van der Waals surface area contributed by atoms with Crippen LogP contribution in [-0.4, -0.2) is 7.11 Å². The van der Waals surface area contributed by atoms with Crippen LogP contribution in [0.5, 0.6) is 0 Å². The monoisotopic (exact) mass is 234 g/mol. The van der Waals surface area contributed by atoms with Crippen LogP contribution in [0.3, 0.4) is 0 Å². The van der Waals surface area contributed by atoms with Crippen LogP contribution in [0.1, 0.15) is 11.1 Å². The Labute approximate surface area is 91.8 Å². The van der Waals surface area contributed by atoms with Crippen molar-refractivity contribution >= 4 is 33.5 Å². The van der Waals surface area contributed by atoms with Gasteiger partial charge in [0.15, 0.2) is 0 Å². The van der Waals surface area contributed by atoms with E-state index in [9.17, 15) is 0 Å². The van der Waals surface area contributed by atoms with Gasteiger partial charge in [-0.15, -0.1) is 11.6 Å². The Balaban J connectivity index is 2.46. The number of alkyl halides is 1. The molecule has 0 radical (unpaired) electrons. The van der Waals surface area contributed by atoms with Crippen LogP contribution in [0.15, 0.2) is 24.3 Å². The molecule has 1 aromatic rings. The van der Waals surface area contributed by atoms with Gasteiger partial charge in [0.25, 0.3) is 0 Å². The van der Waals surface area contributed by atoms with Gasteiger partial charge >= 0.3 is 0 Å². The van der Waals surface area contributed by atoms with Gasteiger partial charge in [0, 0.05) is 11.6 Å². The van der Waals surface area contributed by atoms with E-state index < -0.39 is 0 Å². The largest absolute Gasteiger partial charge is 0.308 e. The van der Waals surface area contributed by atoms with Crippen molar-refractivity contribution in [2.75, 3.05) is 7.11 Å². The number of halogens is 1. The second-order valence-electron chi connectivity index (χ2n) is 2.45. The first-order valence-electron chi connectivity index (χ1n) is 3.83. The minimum Gasteiger partial charge on any atom is -0.308 e. The maximum atomic E-state index is 5.72. The standard InChI is InChI=1S/C9H11ClOS2/c1-11-13-12-7-9-4-2-3-8(5-9)6-10/h2-5H,6-7H2,1H3. The average molecular weight is 235 g/mol. The lowest BCUT2D eigenvalue weighted by Crippen LogP contribution is -1.82. The van der Waals surface area contributed by atoms with Crippen LogP contribution in [0.4, 0.5) is 0 Å². The second kappa shape index (κ2) is 6.60. The summed E-state index contributed by atoms with van der Waals surface area (Å²) in [4.78, 5) is 0. The van der Waals surface area contributed by atoms with Gasteiger partial charge in [-0.2, -0.15) is 0 Å². The molecule has 0 heterocycles. The maximum Gasteiger partial charge on any atom is 0.0622 e. The molecule has 0 unspecified atom stereocenters. The summed E-state index contributed by atoms with van der Waals surface area (Å²) in [5.74, 6) is 1.53. The number of hydrogen-bond acceptors (Lipinski definition) is 3. The molecule has 0 aliphatic heterocycles. The van der Waals surface area contributed by atoms with Crippen molar-refractivity contribution < 1.29 is 4.18 Å². The van der Waals surface area contributed by atoms with Gasteiger partial charge in [0.1, 0.15) is 0 Å². The van der Waals surface area contributed by atoms with Crippen molar-refractivity contribution in [2.45, 2.75) is 11.6 Å². The highest BCUT2D eigenvalue weighted by Gasteiger charge is 1.95. The van der Waals surface area contributed by atoms with E-state index in [-0.39, 0.29) is 0 Å². The second-order valence-corrected chi connectivity index (χ2v) is 4.83. The molecular formula is C9H11ClOS2. The Hall–Kier alpha value is 0.170. The van der Waals surface area contributed by atoms with E-state index in [0.29, 0.717) is 5.88 Å². The molecule has 0 atom stereocenters. The Bertz CT molecular complexity index is 255. The molecule has 0 amide bonds. The molecule has 1 aromatic carbocycles. The van der Waals surface area contributed by atoms with Crippen molar-refractivity contribution in [1.82, 2.24) is 0 Å². The van der Waals surface area contributed by atoms with Crippen molar-refractivity contribution in [2.24, 2.45) is 0 Å². The number of hydrogen-bond donors (Lipinski definition) is 0. The molecule has 1 nitrogen and oxygen atoms in total. The third-order valence-electron chi connectivity index (χ3n) is 1.49. The molecular weight excluding hydrogens is 224 g/mol. The summed E-state index contributed by atoms with van der Waals surface area (Å²) < 4.78 is 4.87. The summed E-state index contributed by atoms with van der Waals surface area (Å²) in [5, 5.41) is 0. The van der Waals surface area contributed by atoms with E-state index in [0.717, 1.165) is 5.75 Å². The first-order valence-corrected chi connectivity index (χ1v) is 6.60. The molecule has 0 fully saturated rings. The lowest BCUT2D eigenvalue weighted by Gasteiger charge is -2.01. The third-order valence-corrected chi connectivity index (χ3v) is 3.53. The quantitative estimate of drug-likeness (QED) is 0.331. The topological polar surface area (TPSA) is 9.23 Å². The first-order chi connectivity index (χ1) is 6.36. The molecule has 4 heteroatoms. The van der Waals surface area contributed by atoms with Crippen LogP contribution in [0.25, 0.3) is 0 Å².